The molecule has 0 radical (unpaired) electrons. The van der Waals surface area contributed by atoms with Crippen LogP contribution in [0.1, 0.15) is 5.56 Å². The fraction of sp³-hybridized carbons (Fsp3) is 0. The van der Waals surface area contributed by atoms with Crippen molar-refractivity contribution in [3.05, 3.63) is 70.7 Å². The van der Waals surface area contributed by atoms with Crippen LogP contribution in [0.5, 0.6) is 0 Å². The third kappa shape index (κ3) is 4.17. The van der Waals surface area contributed by atoms with E-state index in [0.29, 0.717) is 0 Å². The van der Waals surface area contributed by atoms with Crippen molar-refractivity contribution in [2.24, 2.45) is 0 Å². The van der Waals surface area contributed by atoms with E-state index < -0.39 is 0 Å². The second-order valence-electron chi connectivity index (χ2n) is 3.62. The maximum Gasteiger partial charge on any atom is 0.216 e. The molecule has 90 valence electrons. The molecule has 0 aliphatic heterocycles. The zero-order valence-corrected chi connectivity index (χ0v) is 11.9. The van der Waals surface area contributed by atoms with Gasteiger partial charge < -0.3 is 0 Å². The molecule has 1 nitrogen and oxygen atoms in total. The van der Waals surface area contributed by atoms with Gasteiger partial charge in [-0.3, -0.25) is 4.79 Å². The first kappa shape index (κ1) is 13.1. The summed E-state index contributed by atoms with van der Waals surface area (Å²) in [6.45, 7) is 0. The summed E-state index contributed by atoms with van der Waals surface area (Å²) in [6.07, 6.45) is 3.42. The summed E-state index contributed by atoms with van der Waals surface area (Å²) < 4.78 is 1.03. The zero-order valence-electron chi connectivity index (χ0n) is 9.55. The van der Waals surface area contributed by atoms with Crippen LogP contribution < -0.4 is 0 Å². The number of hydrogen-bond acceptors (Lipinski definition) is 2. The SMILES string of the molecule is O=C(/C=C/c1ccc(Br)cc1)Sc1ccccc1. The molecular formula is C15H11BrOS. The van der Waals surface area contributed by atoms with Gasteiger partial charge in [-0.1, -0.05) is 52.3 Å². The Bertz CT molecular complexity index is 546. The molecule has 18 heavy (non-hydrogen) atoms. The van der Waals surface area contributed by atoms with Crippen LogP contribution in [-0.2, 0) is 4.79 Å². The largest absolute Gasteiger partial charge is 0.282 e. The Morgan fingerprint density at radius 1 is 1.00 bits per heavy atom. The summed E-state index contributed by atoms with van der Waals surface area (Å²) >= 11 is 4.61. The van der Waals surface area contributed by atoms with Crippen LogP contribution in [0.3, 0.4) is 0 Å². The Hall–Kier alpha value is -1.32. The van der Waals surface area contributed by atoms with Crippen LogP contribution in [0.2, 0.25) is 0 Å². The van der Waals surface area contributed by atoms with Crippen molar-refractivity contribution in [1.29, 1.82) is 0 Å². The van der Waals surface area contributed by atoms with E-state index in [1.54, 1.807) is 6.08 Å². The van der Waals surface area contributed by atoms with E-state index in [4.69, 9.17) is 0 Å². The standard InChI is InChI=1S/C15H11BrOS/c16-13-9-6-12(7-10-13)8-11-15(17)18-14-4-2-1-3-5-14/h1-11H/b11-8+. The minimum Gasteiger partial charge on any atom is -0.282 e. The van der Waals surface area contributed by atoms with Gasteiger partial charge >= 0.3 is 0 Å². The lowest BCUT2D eigenvalue weighted by Crippen LogP contribution is -1.84. The van der Waals surface area contributed by atoms with Gasteiger partial charge in [-0.25, -0.2) is 0 Å². The van der Waals surface area contributed by atoms with Crippen LogP contribution >= 0.6 is 27.7 Å². The molecule has 0 fully saturated rings. The molecule has 0 saturated carbocycles. The number of benzene rings is 2. The molecule has 0 atom stereocenters. The Morgan fingerprint density at radius 3 is 2.33 bits per heavy atom. The molecule has 3 heteroatoms. The average molecular weight is 319 g/mol. The topological polar surface area (TPSA) is 17.1 Å². The lowest BCUT2D eigenvalue weighted by atomic mass is 10.2. The van der Waals surface area contributed by atoms with Gasteiger partial charge in [0.2, 0.25) is 5.12 Å². The molecule has 0 amide bonds. The predicted octanol–water partition coefficient (Wildman–Crippen LogP) is 4.78. The lowest BCUT2D eigenvalue weighted by Gasteiger charge is -1.96. The van der Waals surface area contributed by atoms with Gasteiger partial charge in [-0.05, 0) is 47.7 Å². The van der Waals surface area contributed by atoms with E-state index in [1.807, 2.05) is 60.7 Å². The van der Waals surface area contributed by atoms with Crippen molar-refractivity contribution in [3.8, 4) is 0 Å². The minimum atomic E-state index is 0.0316. The highest BCUT2D eigenvalue weighted by molar-refractivity contribution is 9.10. The van der Waals surface area contributed by atoms with E-state index >= 15 is 0 Å². The first-order valence-electron chi connectivity index (χ1n) is 5.44. The highest BCUT2D eigenvalue weighted by atomic mass is 79.9. The van der Waals surface area contributed by atoms with Crippen LogP contribution in [0.4, 0.5) is 0 Å². The fourth-order valence-corrected chi connectivity index (χ4v) is 2.30. The second kappa shape index (κ2) is 6.57. The number of hydrogen-bond donors (Lipinski definition) is 0. The summed E-state index contributed by atoms with van der Waals surface area (Å²) in [6, 6.07) is 17.5. The van der Waals surface area contributed by atoms with Crippen LogP contribution in [0.15, 0.2) is 70.0 Å². The third-order valence-corrected chi connectivity index (χ3v) is 3.62. The first-order valence-corrected chi connectivity index (χ1v) is 7.05. The smallest absolute Gasteiger partial charge is 0.216 e. The number of thioether (sulfide) groups is 1. The molecule has 0 bridgehead atoms. The van der Waals surface area contributed by atoms with Crippen LogP contribution in [0, 0.1) is 0 Å². The first-order chi connectivity index (χ1) is 8.74. The predicted molar refractivity (Wildman–Crippen MR) is 80.5 cm³/mol. The normalized spacial score (nSPS) is 10.7. The maximum absolute atomic E-state index is 11.7. The van der Waals surface area contributed by atoms with E-state index in [9.17, 15) is 4.79 Å². The maximum atomic E-state index is 11.7. The highest BCUT2D eigenvalue weighted by Crippen LogP contribution is 2.19. The summed E-state index contributed by atoms with van der Waals surface area (Å²) in [5, 5.41) is 0.0316. The molecule has 0 aliphatic rings. The van der Waals surface area contributed by atoms with E-state index in [-0.39, 0.29) is 5.12 Å². The van der Waals surface area contributed by atoms with Crippen LogP contribution in [0.25, 0.3) is 6.08 Å². The molecule has 0 N–H and O–H groups in total. The van der Waals surface area contributed by atoms with Gasteiger partial charge in [-0.15, -0.1) is 0 Å². The number of carbonyl (C=O) groups is 1. The molecule has 0 aliphatic carbocycles. The van der Waals surface area contributed by atoms with Crippen molar-refractivity contribution >= 4 is 38.9 Å². The molecule has 0 spiro atoms. The molecule has 2 aromatic carbocycles. The van der Waals surface area contributed by atoms with Crippen molar-refractivity contribution in [2.75, 3.05) is 0 Å². The third-order valence-electron chi connectivity index (χ3n) is 2.24. The molecule has 2 rings (SSSR count). The van der Waals surface area contributed by atoms with E-state index in [0.717, 1.165) is 14.9 Å². The lowest BCUT2D eigenvalue weighted by molar-refractivity contribution is -0.106. The van der Waals surface area contributed by atoms with Gasteiger partial charge in [0.1, 0.15) is 0 Å². The molecular weight excluding hydrogens is 308 g/mol. The fourth-order valence-electron chi connectivity index (χ4n) is 1.38. The van der Waals surface area contributed by atoms with Crippen molar-refractivity contribution in [1.82, 2.24) is 0 Å². The quantitative estimate of drug-likeness (QED) is 0.598. The molecule has 2 aromatic rings. The Kier molecular flexibility index (Phi) is 4.79. The number of halogens is 1. The molecule has 0 unspecified atom stereocenters. The van der Waals surface area contributed by atoms with Gasteiger partial charge in [0.25, 0.3) is 0 Å². The summed E-state index contributed by atoms with van der Waals surface area (Å²) in [4.78, 5) is 12.7. The van der Waals surface area contributed by atoms with Crippen molar-refractivity contribution in [2.45, 2.75) is 4.90 Å². The molecule has 0 heterocycles. The van der Waals surface area contributed by atoms with Gasteiger partial charge in [0.15, 0.2) is 0 Å². The number of carbonyl (C=O) groups excluding carboxylic acids is 1. The zero-order chi connectivity index (χ0) is 12.8. The Morgan fingerprint density at radius 2 is 1.67 bits per heavy atom. The molecule has 0 saturated heterocycles. The van der Waals surface area contributed by atoms with Gasteiger partial charge in [0.05, 0.1) is 0 Å². The van der Waals surface area contributed by atoms with Crippen molar-refractivity contribution in [3.63, 3.8) is 0 Å². The second-order valence-corrected chi connectivity index (χ2v) is 5.61. The molecule has 0 aromatic heterocycles. The monoisotopic (exact) mass is 318 g/mol. The van der Waals surface area contributed by atoms with Gasteiger partial charge in [0, 0.05) is 9.37 Å². The van der Waals surface area contributed by atoms with Crippen LogP contribution in [-0.4, -0.2) is 5.12 Å². The van der Waals surface area contributed by atoms with E-state index in [2.05, 4.69) is 15.9 Å². The minimum absolute atomic E-state index is 0.0316. The summed E-state index contributed by atoms with van der Waals surface area (Å²) in [5.74, 6) is 0. The average Bonchev–Trinajstić information content (AvgIpc) is 2.39. The highest BCUT2D eigenvalue weighted by Gasteiger charge is 1.99. The van der Waals surface area contributed by atoms with Gasteiger partial charge in [-0.2, -0.15) is 0 Å². The Balaban J connectivity index is 1.97. The van der Waals surface area contributed by atoms with E-state index in [1.165, 1.54) is 11.8 Å². The number of rotatable bonds is 3. The summed E-state index contributed by atoms with van der Waals surface area (Å²) in [7, 11) is 0. The summed E-state index contributed by atoms with van der Waals surface area (Å²) in [5.41, 5.74) is 1.01. The van der Waals surface area contributed by atoms with Crippen molar-refractivity contribution < 1.29 is 4.79 Å². The Labute approximate surface area is 119 Å².